The summed E-state index contributed by atoms with van der Waals surface area (Å²) in [6.07, 6.45) is 4.21. The van der Waals surface area contributed by atoms with Gasteiger partial charge in [-0.2, -0.15) is 8.42 Å². The van der Waals surface area contributed by atoms with Crippen LogP contribution in [0.15, 0.2) is 30.5 Å². The van der Waals surface area contributed by atoms with Crippen molar-refractivity contribution in [1.82, 2.24) is 9.88 Å². The Morgan fingerprint density at radius 2 is 1.85 bits per heavy atom. The number of hydrogen-bond donors (Lipinski definition) is 3. The number of nitrogens with zero attached hydrogens (tertiary/aromatic N) is 2. The highest BCUT2D eigenvalue weighted by Gasteiger charge is 2.07. The number of nitrogens with one attached hydrogen (secondary N) is 1. The molecule has 0 saturated heterocycles. The number of fused-ring (bicyclic) bond motifs is 1. The number of aromatic nitrogens is 1. The fourth-order valence-electron chi connectivity index (χ4n) is 2.75. The van der Waals surface area contributed by atoms with E-state index >= 15 is 0 Å². The van der Waals surface area contributed by atoms with E-state index in [1.807, 2.05) is 30.5 Å². The van der Waals surface area contributed by atoms with Gasteiger partial charge in [0, 0.05) is 28.3 Å². The number of benzene rings is 1. The zero-order valence-electron chi connectivity index (χ0n) is 15.9. The number of rotatable bonds is 8. The van der Waals surface area contributed by atoms with Crippen molar-refractivity contribution in [2.24, 2.45) is 0 Å². The molecule has 1 aromatic carbocycles. The molecule has 0 amide bonds. The van der Waals surface area contributed by atoms with Gasteiger partial charge in [-0.3, -0.25) is 14.1 Å². The molecule has 1 aromatic heterocycles. The topological polar surface area (TPSA) is 103 Å². The minimum atomic E-state index is -4.67. The van der Waals surface area contributed by atoms with Crippen LogP contribution < -0.4 is 5.32 Å². The lowest BCUT2D eigenvalue weighted by atomic mass is 10.1. The molecule has 0 saturated carbocycles. The van der Waals surface area contributed by atoms with Crippen LogP contribution in [0.3, 0.4) is 0 Å². The molecule has 0 aliphatic rings. The molecule has 7 nitrogen and oxygen atoms in total. The van der Waals surface area contributed by atoms with Gasteiger partial charge in [-0.1, -0.05) is 25.4 Å². The van der Waals surface area contributed by atoms with Gasteiger partial charge in [0.15, 0.2) is 0 Å². The SMILES string of the molecule is CCN(CC)CCC[C@H](C)Nc1ccnc2cc(Cl)ccc12.O=S(=O)(O)O. The highest BCUT2D eigenvalue weighted by Crippen LogP contribution is 2.25. The molecule has 0 radical (unpaired) electrons. The Labute approximate surface area is 166 Å². The van der Waals surface area contributed by atoms with Gasteiger partial charge in [0.2, 0.25) is 0 Å². The van der Waals surface area contributed by atoms with Gasteiger partial charge < -0.3 is 10.2 Å². The minimum Gasteiger partial charge on any atom is -0.382 e. The van der Waals surface area contributed by atoms with Crippen LogP contribution in [0, 0.1) is 0 Å². The molecule has 0 spiro atoms. The van der Waals surface area contributed by atoms with E-state index in [-0.39, 0.29) is 0 Å². The summed E-state index contributed by atoms with van der Waals surface area (Å²) in [6.45, 7) is 10.1. The highest BCUT2D eigenvalue weighted by atomic mass is 35.5. The fraction of sp³-hybridized carbons (Fsp3) is 0.500. The second kappa shape index (κ2) is 11.4. The summed E-state index contributed by atoms with van der Waals surface area (Å²) in [4.78, 5) is 6.86. The van der Waals surface area contributed by atoms with Crippen molar-refractivity contribution >= 4 is 38.6 Å². The van der Waals surface area contributed by atoms with E-state index in [4.69, 9.17) is 29.1 Å². The van der Waals surface area contributed by atoms with Crippen LogP contribution in [0.4, 0.5) is 5.69 Å². The van der Waals surface area contributed by atoms with Crippen LogP contribution in [-0.4, -0.2) is 53.1 Å². The molecular formula is C18H28ClN3O4S. The standard InChI is InChI=1S/C18H26ClN3.H2O4S/c1-4-22(5-2)12-6-7-14(3)21-17-10-11-20-18-13-15(19)8-9-16(17)18;1-5(2,3)4/h8-11,13-14H,4-7,12H2,1-3H3,(H,20,21);(H2,1,2,3,4)/t14-;/m0./s1. The normalized spacial score (nSPS) is 12.6. The van der Waals surface area contributed by atoms with Gasteiger partial charge in [-0.05, 0) is 63.7 Å². The minimum absolute atomic E-state index is 0.442. The number of halogens is 1. The van der Waals surface area contributed by atoms with Crippen molar-refractivity contribution in [3.05, 3.63) is 35.5 Å². The fourth-order valence-corrected chi connectivity index (χ4v) is 2.91. The third-order valence-corrected chi connectivity index (χ3v) is 4.35. The quantitative estimate of drug-likeness (QED) is 0.554. The molecule has 0 aliphatic carbocycles. The monoisotopic (exact) mass is 417 g/mol. The predicted octanol–water partition coefficient (Wildman–Crippen LogP) is 4.16. The van der Waals surface area contributed by atoms with Crippen LogP contribution in [0.2, 0.25) is 5.02 Å². The van der Waals surface area contributed by atoms with Crippen molar-refractivity contribution in [2.75, 3.05) is 25.0 Å². The van der Waals surface area contributed by atoms with Gasteiger partial charge >= 0.3 is 10.4 Å². The third-order valence-electron chi connectivity index (χ3n) is 4.11. The van der Waals surface area contributed by atoms with Crippen LogP contribution in [0.5, 0.6) is 0 Å². The third kappa shape index (κ3) is 9.88. The van der Waals surface area contributed by atoms with E-state index in [0.29, 0.717) is 6.04 Å². The lowest BCUT2D eigenvalue weighted by Gasteiger charge is -2.20. The Balaban J connectivity index is 0.000000646. The number of pyridine rings is 1. The molecule has 2 rings (SSSR count). The molecular weight excluding hydrogens is 390 g/mol. The van der Waals surface area contributed by atoms with Crippen LogP contribution in [0.1, 0.15) is 33.6 Å². The van der Waals surface area contributed by atoms with Crippen molar-refractivity contribution in [3.8, 4) is 0 Å². The molecule has 0 unspecified atom stereocenters. The van der Waals surface area contributed by atoms with E-state index in [2.05, 4.69) is 36.0 Å². The van der Waals surface area contributed by atoms with E-state index < -0.39 is 10.4 Å². The molecule has 1 heterocycles. The molecule has 9 heteroatoms. The zero-order chi connectivity index (χ0) is 20.4. The summed E-state index contributed by atoms with van der Waals surface area (Å²) in [5.74, 6) is 0. The Morgan fingerprint density at radius 1 is 1.22 bits per heavy atom. The van der Waals surface area contributed by atoms with E-state index in [1.54, 1.807) is 0 Å². The first-order valence-electron chi connectivity index (χ1n) is 8.87. The molecule has 0 bridgehead atoms. The largest absolute Gasteiger partial charge is 0.394 e. The van der Waals surface area contributed by atoms with Gasteiger partial charge in [-0.15, -0.1) is 0 Å². The lowest BCUT2D eigenvalue weighted by molar-refractivity contribution is 0.295. The Kier molecular flexibility index (Phi) is 9.97. The maximum absolute atomic E-state index is 8.74. The van der Waals surface area contributed by atoms with Crippen molar-refractivity contribution in [3.63, 3.8) is 0 Å². The molecule has 3 N–H and O–H groups in total. The summed E-state index contributed by atoms with van der Waals surface area (Å²) < 4.78 is 31.6. The van der Waals surface area contributed by atoms with Gasteiger partial charge in [0.05, 0.1) is 5.52 Å². The van der Waals surface area contributed by atoms with Gasteiger partial charge in [-0.25, -0.2) is 0 Å². The lowest BCUT2D eigenvalue weighted by Crippen LogP contribution is -2.25. The molecule has 27 heavy (non-hydrogen) atoms. The summed E-state index contributed by atoms with van der Waals surface area (Å²) >= 11 is 6.04. The van der Waals surface area contributed by atoms with Crippen molar-refractivity contribution in [1.29, 1.82) is 0 Å². The summed E-state index contributed by atoms with van der Waals surface area (Å²) in [5.41, 5.74) is 2.07. The van der Waals surface area contributed by atoms with Crippen LogP contribution in [0.25, 0.3) is 10.9 Å². The molecule has 2 aromatic rings. The Bertz CT molecular complexity index is 805. The average molecular weight is 418 g/mol. The van der Waals surface area contributed by atoms with Crippen LogP contribution in [-0.2, 0) is 10.4 Å². The molecule has 0 aliphatic heterocycles. The maximum Gasteiger partial charge on any atom is 0.394 e. The van der Waals surface area contributed by atoms with Crippen molar-refractivity contribution < 1.29 is 17.5 Å². The zero-order valence-corrected chi connectivity index (χ0v) is 17.5. The Hall–Kier alpha value is -1.45. The summed E-state index contributed by atoms with van der Waals surface area (Å²) in [5, 5.41) is 5.47. The second-order valence-corrected chi connectivity index (χ2v) is 7.51. The van der Waals surface area contributed by atoms with Gasteiger partial charge in [0.1, 0.15) is 0 Å². The smallest absolute Gasteiger partial charge is 0.382 e. The van der Waals surface area contributed by atoms with E-state index in [0.717, 1.165) is 41.1 Å². The van der Waals surface area contributed by atoms with Crippen molar-refractivity contribution in [2.45, 2.75) is 39.7 Å². The number of anilines is 1. The number of hydrogen-bond acceptors (Lipinski definition) is 5. The summed E-state index contributed by atoms with van der Waals surface area (Å²) in [7, 11) is -4.67. The summed E-state index contributed by atoms with van der Waals surface area (Å²) in [6, 6.07) is 8.35. The Morgan fingerprint density at radius 3 is 2.44 bits per heavy atom. The van der Waals surface area contributed by atoms with Gasteiger partial charge in [0.25, 0.3) is 0 Å². The molecule has 1 atom stereocenters. The molecule has 152 valence electrons. The average Bonchev–Trinajstić information content (AvgIpc) is 2.57. The predicted molar refractivity (Wildman–Crippen MR) is 111 cm³/mol. The van der Waals surface area contributed by atoms with E-state index in [1.165, 1.54) is 13.0 Å². The first-order valence-corrected chi connectivity index (χ1v) is 10.6. The van der Waals surface area contributed by atoms with Crippen LogP contribution >= 0.6 is 11.6 Å². The first-order chi connectivity index (χ1) is 12.6. The van der Waals surface area contributed by atoms with E-state index in [9.17, 15) is 0 Å². The second-order valence-electron chi connectivity index (χ2n) is 6.18. The first kappa shape index (κ1) is 23.6. The highest BCUT2D eigenvalue weighted by molar-refractivity contribution is 7.79. The maximum atomic E-state index is 8.74. The molecule has 0 fully saturated rings.